The number of methoxy groups -OCH3 is 2. The molecule has 0 spiro atoms. The molecule has 3 N–H and O–H groups in total. The number of amides is 1. The highest BCUT2D eigenvalue weighted by molar-refractivity contribution is 14.0. The summed E-state index contributed by atoms with van der Waals surface area (Å²) in [5.74, 6) is 2.12. The van der Waals surface area contributed by atoms with E-state index >= 15 is 0 Å². The number of carbonyl (C=O) groups is 1. The molecule has 158 valence electrons. The third-order valence-electron chi connectivity index (χ3n) is 4.15. The number of guanidine groups is 1. The SMILES string of the molecule is CN=C(NCCc1ccc(OC)cc1)NCC(=O)NCc1ccc(OC)cc1.I. The Bertz CT molecular complexity index is 765. The number of aliphatic imine (C=N–C) groups is 1. The molecule has 2 rings (SSSR count). The molecule has 0 aliphatic carbocycles. The van der Waals surface area contributed by atoms with E-state index in [1.165, 1.54) is 5.56 Å². The van der Waals surface area contributed by atoms with Crippen molar-refractivity contribution in [1.82, 2.24) is 16.0 Å². The lowest BCUT2D eigenvalue weighted by atomic mass is 10.1. The molecule has 29 heavy (non-hydrogen) atoms. The zero-order valence-electron chi connectivity index (χ0n) is 17.0. The second-order valence-corrected chi connectivity index (χ2v) is 6.08. The summed E-state index contributed by atoms with van der Waals surface area (Å²) in [6, 6.07) is 15.5. The standard InChI is InChI=1S/C21H28N4O3.HI/c1-22-21(23-13-12-16-4-8-18(27-2)9-5-16)25-15-20(26)24-14-17-6-10-19(28-3)11-7-17;/h4-11H,12-15H2,1-3H3,(H,24,26)(H2,22,23,25);1H. The molecule has 2 aromatic carbocycles. The van der Waals surface area contributed by atoms with Crippen molar-refractivity contribution < 1.29 is 14.3 Å². The average Bonchev–Trinajstić information content (AvgIpc) is 2.75. The number of nitrogens with zero attached hydrogens (tertiary/aromatic N) is 1. The molecule has 0 atom stereocenters. The molecule has 0 saturated heterocycles. The Morgan fingerprint density at radius 1 is 0.862 bits per heavy atom. The lowest BCUT2D eigenvalue weighted by Crippen LogP contribution is -2.43. The van der Waals surface area contributed by atoms with Crippen LogP contribution in [0.5, 0.6) is 11.5 Å². The zero-order chi connectivity index (χ0) is 20.2. The van der Waals surface area contributed by atoms with Gasteiger partial charge in [-0.3, -0.25) is 9.79 Å². The lowest BCUT2D eigenvalue weighted by Gasteiger charge is -2.12. The molecule has 8 heteroatoms. The van der Waals surface area contributed by atoms with Crippen LogP contribution in [0.25, 0.3) is 0 Å². The van der Waals surface area contributed by atoms with Crippen molar-refractivity contribution in [2.45, 2.75) is 13.0 Å². The molecule has 0 unspecified atom stereocenters. The molecule has 0 heterocycles. The Balaban J connectivity index is 0.00000420. The van der Waals surface area contributed by atoms with Crippen molar-refractivity contribution in [2.75, 3.05) is 34.4 Å². The molecule has 0 aliphatic rings. The minimum Gasteiger partial charge on any atom is -0.497 e. The van der Waals surface area contributed by atoms with Gasteiger partial charge in [0.2, 0.25) is 5.91 Å². The number of nitrogens with one attached hydrogen (secondary N) is 3. The molecule has 0 saturated carbocycles. The van der Waals surface area contributed by atoms with Crippen LogP contribution in [0.3, 0.4) is 0 Å². The maximum Gasteiger partial charge on any atom is 0.239 e. The molecular formula is C21H29IN4O3. The second kappa shape index (κ2) is 13.6. The van der Waals surface area contributed by atoms with E-state index in [4.69, 9.17) is 9.47 Å². The van der Waals surface area contributed by atoms with E-state index in [0.717, 1.165) is 23.5 Å². The monoisotopic (exact) mass is 512 g/mol. The Kier molecular flexibility index (Phi) is 11.6. The predicted molar refractivity (Wildman–Crippen MR) is 126 cm³/mol. The summed E-state index contributed by atoms with van der Waals surface area (Å²) in [6.07, 6.45) is 0.842. The highest BCUT2D eigenvalue weighted by Crippen LogP contribution is 2.11. The first-order chi connectivity index (χ1) is 13.6. The average molecular weight is 512 g/mol. The number of hydrogen-bond acceptors (Lipinski definition) is 4. The first-order valence-corrected chi connectivity index (χ1v) is 9.11. The maximum atomic E-state index is 12.0. The topological polar surface area (TPSA) is 84.0 Å². The molecule has 2 aromatic rings. The van der Waals surface area contributed by atoms with E-state index in [-0.39, 0.29) is 36.4 Å². The van der Waals surface area contributed by atoms with Crippen LogP contribution < -0.4 is 25.4 Å². The molecular weight excluding hydrogens is 483 g/mol. The van der Waals surface area contributed by atoms with Crippen LogP contribution in [0.4, 0.5) is 0 Å². The second-order valence-electron chi connectivity index (χ2n) is 6.08. The summed E-state index contributed by atoms with van der Waals surface area (Å²) in [4.78, 5) is 16.2. The van der Waals surface area contributed by atoms with Gasteiger partial charge in [-0.25, -0.2) is 0 Å². The predicted octanol–water partition coefficient (Wildman–Crippen LogP) is 2.35. The lowest BCUT2D eigenvalue weighted by molar-refractivity contribution is -0.120. The zero-order valence-corrected chi connectivity index (χ0v) is 19.4. The third kappa shape index (κ3) is 9.03. The summed E-state index contributed by atoms with van der Waals surface area (Å²) < 4.78 is 10.3. The van der Waals surface area contributed by atoms with Crippen molar-refractivity contribution in [3.8, 4) is 11.5 Å². The van der Waals surface area contributed by atoms with Gasteiger partial charge in [-0.1, -0.05) is 24.3 Å². The number of ether oxygens (including phenoxy) is 2. The van der Waals surface area contributed by atoms with Gasteiger partial charge in [0.05, 0.1) is 20.8 Å². The largest absolute Gasteiger partial charge is 0.497 e. The number of halogens is 1. The third-order valence-corrected chi connectivity index (χ3v) is 4.15. The Morgan fingerprint density at radius 3 is 1.93 bits per heavy atom. The highest BCUT2D eigenvalue weighted by atomic mass is 127. The van der Waals surface area contributed by atoms with Gasteiger partial charge in [0, 0.05) is 20.1 Å². The van der Waals surface area contributed by atoms with Crippen molar-refractivity contribution in [3.63, 3.8) is 0 Å². The van der Waals surface area contributed by atoms with Crippen molar-refractivity contribution in [1.29, 1.82) is 0 Å². The number of rotatable bonds is 9. The molecule has 0 bridgehead atoms. The summed E-state index contributed by atoms with van der Waals surface area (Å²) >= 11 is 0. The van der Waals surface area contributed by atoms with Crippen LogP contribution in [-0.4, -0.2) is 46.2 Å². The van der Waals surface area contributed by atoms with E-state index in [1.807, 2.05) is 48.5 Å². The summed E-state index contributed by atoms with van der Waals surface area (Å²) in [7, 11) is 4.96. The van der Waals surface area contributed by atoms with Crippen LogP contribution in [0, 0.1) is 0 Å². The van der Waals surface area contributed by atoms with Crippen molar-refractivity contribution in [2.24, 2.45) is 4.99 Å². The fourth-order valence-electron chi connectivity index (χ4n) is 2.51. The normalized spacial score (nSPS) is 10.5. The Labute approximate surface area is 189 Å². The molecule has 0 aliphatic heterocycles. The van der Waals surface area contributed by atoms with Crippen LogP contribution in [0.2, 0.25) is 0 Å². The van der Waals surface area contributed by atoms with Gasteiger partial charge in [-0.05, 0) is 41.8 Å². The summed E-state index contributed by atoms with van der Waals surface area (Å²) in [6.45, 7) is 1.33. The quantitative estimate of drug-likeness (QED) is 0.273. The van der Waals surface area contributed by atoms with Gasteiger partial charge in [-0.2, -0.15) is 0 Å². The van der Waals surface area contributed by atoms with Gasteiger partial charge in [0.25, 0.3) is 0 Å². The fourth-order valence-corrected chi connectivity index (χ4v) is 2.51. The van der Waals surface area contributed by atoms with Crippen LogP contribution in [0.15, 0.2) is 53.5 Å². The van der Waals surface area contributed by atoms with Crippen LogP contribution in [0.1, 0.15) is 11.1 Å². The van der Waals surface area contributed by atoms with E-state index in [2.05, 4.69) is 20.9 Å². The van der Waals surface area contributed by atoms with E-state index in [1.54, 1.807) is 21.3 Å². The Morgan fingerprint density at radius 2 is 1.41 bits per heavy atom. The molecule has 1 amide bonds. The van der Waals surface area contributed by atoms with E-state index < -0.39 is 0 Å². The van der Waals surface area contributed by atoms with Gasteiger partial charge >= 0.3 is 0 Å². The fraction of sp³-hybridized carbons (Fsp3) is 0.333. The molecule has 0 aromatic heterocycles. The van der Waals surface area contributed by atoms with Gasteiger partial charge < -0.3 is 25.4 Å². The summed E-state index contributed by atoms with van der Waals surface area (Å²) in [5, 5.41) is 9.09. The van der Waals surface area contributed by atoms with E-state index in [0.29, 0.717) is 19.0 Å². The molecule has 7 nitrogen and oxygen atoms in total. The van der Waals surface area contributed by atoms with Crippen LogP contribution in [-0.2, 0) is 17.8 Å². The van der Waals surface area contributed by atoms with Crippen molar-refractivity contribution >= 4 is 35.8 Å². The van der Waals surface area contributed by atoms with Crippen LogP contribution >= 0.6 is 24.0 Å². The number of benzene rings is 2. The van der Waals surface area contributed by atoms with Gasteiger partial charge in [-0.15, -0.1) is 24.0 Å². The first-order valence-electron chi connectivity index (χ1n) is 9.11. The van der Waals surface area contributed by atoms with Gasteiger partial charge in [0.1, 0.15) is 11.5 Å². The smallest absolute Gasteiger partial charge is 0.239 e. The highest BCUT2D eigenvalue weighted by Gasteiger charge is 2.04. The number of hydrogen-bond donors (Lipinski definition) is 3. The Hall–Kier alpha value is -2.49. The molecule has 0 radical (unpaired) electrons. The van der Waals surface area contributed by atoms with Gasteiger partial charge in [0.15, 0.2) is 5.96 Å². The minimum absolute atomic E-state index is 0. The minimum atomic E-state index is -0.103. The maximum absolute atomic E-state index is 12.0. The first kappa shape index (κ1) is 24.5. The molecule has 0 fully saturated rings. The number of carbonyl (C=O) groups excluding carboxylic acids is 1. The van der Waals surface area contributed by atoms with E-state index in [9.17, 15) is 4.79 Å². The summed E-state index contributed by atoms with van der Waals surface area (Å²) in [5.41, 5.74) is 2.21. The van der Waals surface area contributed by atoms with Crippen molar-refractivity contribution in [3.05, 3.63) is 59.7 Å².